The van der Waals surface area contributed by atoms with Crippen LogP contribution in [0.25, 0.3) is 0 Å². The molecule has 23 heavy (non-hydrogen) atoms. The van der Waals surface area contributed by atoms with Gasteiger partial charge in [-0.25, -0.2) is 17.5 Å². The van der Waals surface area contributed by atoms with Gasteiger partial charge >= 0.3 is 0 Å². The normalized spacial score (nSPS) is 17.0. The quantitative estimate of drug-likeness (QED) is 0.898. The summed E-state index contributed by atoms with van der Waals surface area (Å²) in [5.41, 5.74) is 1.34. The number of fused-ring (bicyclic) bond motifs is 1. The molecule has 1 aliphatic heterocycles. The standard InChI is InChI=1S/C16H19FN2O2S2/c1-12(19-8-6-16-13(11-19)7-9-22-16)10-18-23(20,21)15-4-2-14(17)3-5-15/h2-5,7,9,12,18H,6,8,10-11H2,1H3/t12-/m0/s1. The Kier molecular flexibility index (Phi) is 4.82. The molecule has 0 fully saturated rings. The zero-order valence-corrected chi connectivity index (χ0v) is 14.5. The van der Waals surface area contributed by atoms with Gasteiger partial charge in [0.1, 0.15) is 5.82 Å². The summed E-state index contributed by atoms with van der Waals surface area (Å²) in [4.78, 5) is 3.80. The molecule has 0 saturated carbocycles. The van der Waals surface area contributed by atoms with Crippen molar-refractivity contribution in [2.45, 2.75) is 30.8 Å². The maximum atomic E-state index is 12.9. The molecule has 1 N–H and O–H groups in total. The van der Waals surface area contributed by atoms with Crippen LogP contribution in [0.15, 0.2) is 40.6 Å². The van der Waals surface area contributed by atoms with Crippen molar-refractivity contribution in [3.63, 3.8) is 0 Å². The average molecular weight is 354 g/mol. The lowest BCUT2D eigenvalue weighted by Crippen LogP contribution is -2.44. The monoisotopic (exact) mass is 354 g/mol. The second-order valence-corrected chi connectivity index (χ2v) is 8.51. The fraction of sp³-hybridized carbons (Fsp3) is 0.375. The van der Waals surface area contributed by atoms with E-state index < -0.39 is 15.8 Å². The van der Waals surface area contributed by atoms with Crippen LogP contribution < -0.4 is 4.72 Å². The fourth-order valence-corrected chi connectivity index (χ4v) is 4.71. The largest absolute Gasteiger partial charge is 0.295 e. The molecule has 0 unspecified atom stereocenters. The van der Waals surface area contributed by atoms with E-state index in [1.807, 2.05) is 6.92 Å². The molecule has 0 amide bonds. The topological polar surface area (TPSA) is 49.4 Å². The van der Waals surface area contributed by atoms with Crippen LogP contribution in [-0.2, 0) is 23.0 Å². The van der Waals surface area contributed by atoms with Gasteiger partial charge in [-0.15, -0.1) is 11.3 Å². The number of sulfonamides is 1. The predicted octanol–water partition coefficient (Wildman–Crippen LogP) is 2.61. The second kappa shape index (κ2) is 6.68. The molecule has 1 aliphatic rings. The van der Waals surface area contributed by atoms with Crippen LogP contribution in [0.1, 0.15) is 17.4 Å². The third-order valence-corrected chi connectivity index (χ3v) is 6.62. The molecule has 124 valence electrons. The molecule has 0 aliphatic carbocycles. The first-order valence-electron chi connectivity index (χ1n) is 7.50. The zero-order chi connectivity index (χ0) is 16.4. The lowest BCUT2D eigenvalue weighted by Gasteiger charge is -2.32. The summed E-state index contributed by atoms with van der Waals surface area (Å²) in [5.74, 6) is -0.447. The molecular formula is C16H19FN2O2S2. The zero-order valence-electron chi connectivity index (χ0n) is 12.8. The summed E-state index contributed by atoms with van der Waals surface area (Å²) < 4.78 is 40.0. The first kappa shape index (κ1) is 16.6. The Hall–Kier alpha value is -1.28. The SMILES string of the molecule is C[C@@H](CNS(=O)(=O)c1ccc(F)cc1)N1CCc2sccc2C1. The van der Waals surface area contributed by atoms with Crippen LogP contribution in [0.4, 0.5) is 4.39 Å². The van der Waals surface area contributed by atoms with Crippen molar-refractivity contribution in [3.8, 4) is 0 Å². The lowest BCUT2D eigenvalue weighted by molar-refractivity contribution is 0.193. The van der Waals surface area contributed by atoms with E-state index in [4.69, 9.17) is 0 Å². The molecule has 7 heteroatoms. The van der Waals surface area contributed by atoms with E-state index in [0.717, 1.165) is 31.6 Å². The molecule has 2 aromatic rings. The van der Waals surface area contributed by atoms with E-state index in [-0.39, 0.29) is 10.9 Å². The number of rotatable bonds is 5. The van der Waals surface area contributed by atoms with Gasteiger partial charge in [0.15, 0.2) is 0 Å². The van der Waals surface area contributed by atoms with Crippen LogP contribution in [0, 0.1) is 5.82 Å². The molecule has 3 rings (SSSR count). The number of hydrogen-bond donors (Lipinski definition) is 1. The van der Waals surface area contributed by atoms with Gasteiger partial charge in [-0.3, -0.25) is 4.90 Å². The number of thiophene rings is 1. The van der Waals surface area contributed by atoms with Gasteiger partial charge in [-0.1, -0.05) is 0 Å². The number of nitrogens with zero attached hydrogens (tertiary/aromatic N) is 1. The number of benzene rings is 1. The highest BCUT2D eigenvalue weighted by atomic mass is 32.2. The van der Waals surface area contributed by atoms with Crippen molar-refractivity contribution < 1.29 is 12.8 Å². The smallest absolute Gasteiger partial charge is 0.240 e. The molecule has 1 aromatic carbocycles. The summed E-state index contributed by atoms with van der Waals surface area (Å²) >= 11 is 1.79. The minimum atomic E-state index is -3.60. The third kappa shape index (κ3) is 3.80. The molecule has 2 heterocycles. The summed E-state index contributed by atoms with van der Waals surface area (Å²) in [7, 11) is -3.60. The summed E-state index contributed by atoms with van der Waals surface area (Å²) in [5, 5.41) is 2.11. The Bertz CT molecular complexity index is 772. The van der Waals surface area contributed by atoms with Gasteiger partial charge < -0.3 is 0 Å². The van der Waals surface area contributed by atoms with Crippen LogP contribution in [0.3, 0.4) is 0 Å². The Labute approximate surface area is 140 Å². The lowest BCUT2D eigenvalue weighted by atomic mass is 10.1. The third-order valence-electron chi connectivity index (χ3n) is 4.15. The highest BCUT2D eigenvalue weighted by Gasteiger charge is 2.23. The van der Waals surface area contributed by atoms with Crippen LogP contribution in [0.2, 0.25) is 0 Å². The van der Waals surface area contributed by atoms with Crippen molar-refractivity contribution in [1.82, 2.24) is 9.62 Å². The number of nitrogens with one attached hydrogen (secondary N) is 1. The molecule has 0 bridgehead atoms. The predicted molar refractivity (Wildman–Crippen MR) is 89.5 cm³/mol. The van der Waals surface area contributed by atoms with Crippen molar-refractivity contribution in [3.05, 3.63) is 52.0 Å². The van der Waals surface area contributed by atoms with Crippen molar-refractivity contribution >= 4 is 21.4 Å². The van der Waals surface area contributed by atoms with Crippen LogP contribution >= 0.6 is 11.3 Å². The number of hydrogen-bond acceptors (Lipinski definition) is 4. The average Bonchev–Trinajstić information content (AvgIpc) is 3.00. The molecule has 4 nitrogen and oxygen atoms in total. The van der Waals surface area contributed by atoms with Crippen molar-refractivity contribution in [1.29, 1.82) is 0 Å². The Morgan fingerprint density at radius 3 is 2.78 bits per heavy atom. The van der Waals surface area contributed by atoms with Crippen molar-refractivity contribution in [2.24, 2.45) is 0 Å². The Balaban J connectivity index is 1.60. The molecule has 1 aromatic heterocycles. The highest BCUT2D eigenvalue weighted by molar-refractivity contribution is 7.89. The minimum absolute atomic E-state index is 0.0878. The van der Waals surface area contributed by atoms with Crippen LogP contribution in [0.5, 0.6) is 0 Å². The maximum absolute atomic E-state index is 12.9. The van der Waals surface area contributed by atoms with E-state index in [9.17, 15) is 12.8 Å². The van der Waals surface area contributed by atoms with Gasteiger partial charge in [0, 0.05) is 30.6 Å². The second-order valence-electron chi connectivity index (χ2n) is 5.74. The van der Waals surface area contributed by atoms with Gasteiger partial charge in [0.2, 0.25) is 10.0 Å². The van der Waals surface area contributed by atoms with Crippen molar-refractivity contribution in [2.75, 3.05) is 13.1 Å². The fourth-order valence-electron chi connectivity index (χ4n) is 2.70. The molecule has 1 atom stereocenters. The molecule has 0 saturated heterocycles. The molecule has 0 radical (unpaired) electrons. The first-order chi connectivity index (χ1) is 11.0. The van der Waals surface area contributed by atoms with E-state index in [1.165, 1.54) is 22.6 Å². The molecular weight excluding hydrogens is 335 g/mol. The summed E-state index contributed by atoms with van der Waals surface area (Å²) in [6.45, 7) is 4.15. The minimum Gasteiger partial charge on any atom is -0.295 e. The highest BCUT2D eigenvalue weighted by Crippen LogP contribution is 2.25. The number of halogens is 1. The van der Waals surface area contributed by atoms with Gasteiger partial charge in [-0.05, 0) is 54.6 Å². The first-order valence-corrected chi connectivity index (χ1v) is 9.86. The van der Waals surface area contributed by atoms with Gasteiger partial charge in [0.25, 0.3) is 0 Å². The summed E-state index contributed by atoms with van der Waals surface area (Å²) in [6.07, 6.45) is 1.02. The van der Waals surface area contributed by atoms with E-state index >= 15 is 0 Å². The van der Waals surface area contributed by atoms with E-state index in [0.29, 0.717) is 6.54 Å². The summed E-state index contributed by atoms with van der Waals surface area (Å²) in [6, 6.07) is 7.10. The van der Waals surface area contributed by atoms with Crippen LogP contribution in [-0.4, -0.2) is 32.4 Å². The maximum Gasteiger partial charge on any atom is 0.240 e. The Morgan fingerprint density at radius 2 is 2.04 bits per heavy atom. The molecule has 0 spiro atoms. The van der Waals surface area contributed by atoms with Gasteiger partial charge in [-0.2, -0.15) is 0 Å². The van der Waals surface area contributed by atoms with E-state index in [2.05, 4.69) is 21.1 Å². The van der Waals surface area contributed by atoms with E-state index in [1.54, 1.807) is 11.3 Å². The van der Waals surface area contributed by atoms with Gasteiger partial charge in [0.05, 0.1) is 4.90 Å². The Morgan fingerprint density at radius 1 is 1.30 bits per heavy atom.